The molecule has 1 unspecified atom stereocenters. The number of anilines is 3. The highest BCUT2D eigenvalue weighted by Crippen LogP contribution is 2.43. The van der Waals surface area contributed by atoms with Crippen LogP contribution in [0.4, 0.5) is 26.1 Å². The van der Waals surface area contributed by atoms with Crippen molar-refractivity contribution in [1.82, 2.24) is 25.0 Å². The summed E-state index contributed by atoms with van der Waals surface area (Å²) in [7, 11) is -0.321. The van der Waals surface area contributed by atoms with Crippen LogP contribution in [0.15, 0.2) is 30.5 Å². The summed E-state index contributed by atoms with van der Waals surface area (Å²) in [5.74, 6) is -2.70. The maximum atomic E-state index is 13.7. The van der Waals surface area contributed by atoms with E-state index in [1.54, 1.807) is 21.8 Å². The van der Waals surface area contributed by atoms with Gasteiger partial charge in [0.25, 0.3) is 5.92 Å². The molecule has 0 bridgehead atoms. The molecule has 1 atom stereocenters. The van der Waals surface area contributed by atoms with Crippen LogP contribution in [0.1, 0.15) is 50.6 Å². The van der Waals surface area contributed by atoms with Crippen molar-refractivity contribution in [3.63, 3.8) is 0 Å². The fraction of sp³-hybridized carbons (Fsp3) is 0.536. The van der Waals surface area contributed by atoms with Crippen molar-refractivity contribution in [2.75, 3.05) is 47.8 Å². The number of nitrogens with one attached hydrogen (secondary N) is 1. The lowest BCUT2D eigenvalue weighted by Gasteiger charge is -2.31. The number of alkyl halides is 2. The Morgan fingerprint density at radius 2 is 1.69 bits per heavy atom. The molecule has 6 rings (SSSR count). The van der Waals surface area contributed by atoms with Crippen LogP contribution in [0.5, 0.6) is 0 Å². The smallest absolute Gasteiger partial charge is 0.326 e. The van der Waals surface area contributed by atoms with Crippen molar-refractivity contribution in [3.8, 4) is 17.1 Å². The number of methoxy groups -OCH3 is 1. The Labute approximate surface area is 245 Å². The molecular weight excluding hydrogens is 566 g/mol. The minimum Gasteiger partial charge on any atom is -0.468 e. The zero-order valence-electron chi connectivity index (χ0n) is 23.7. The van der Waals surface area contributed by atoms with Crippen LogP contribution in [0.3, 0.4) is 0 Å². The quantitative estimate of drug-likeness (QED) is 0.382. The summed E-state index contributed by atoms with van der Waals surface area (Å²) < 4.78 is 49.1. The van der Waals surface area contributed by atoms with Gasteiger partial charge in [-0.15, -0.1) is 5.10 Å². The molecule has 1 saturated carbocycles. The van der Waals surface area contributed by atoms with Gasteiger partial charge in [-0.3, -0.25) is 4.79 Å². The molecule has 11 nitrogen and oxygen atoms in total. The molecule has 1 aromatic carbocycles. The number of aromatic nitrogens is 5. The lowest BCUT2D eigenvalue weighted by molar-refractivity contribution is -0.140. The van der Waals surface area contributed by atoms with Crippen molar-refractivity contribution in [1.29, 1.82) is 0 Å². The van der Waals surface area contributed by atoms with Gasteiger partial charge in [-0.2, -0.15) is 0 Å². The lowest BCUT2D eigenvalue weighted by atomic mass is 10.1. The normalized spacial score (nSPS) is 20.2. The van der Waals surface area contributed by atoms with Crippen molar-refractivity contribution in [2.45, 2.75) is 62.5 Å². The molecule has 42 heavy (non-hydrogen) atoms. The van der Waals surface area contributed by atoms with Gasteiger partial charge in [0.15, 0.2) is 4.75 Å². The molecule has 3 aromatic rings. The second-order valence-corrected chi connectivity index (χ2v) is 12.7. The SMILES string of the molecule is COC(=O)C1(S(=O)Nc2ccc(-n3cc(-c4cc(C)nc(N5CCC(F)(F)CC5)n4)nn3)c(N3CCCCC3)c2)CC1. The topological polar surface area (TPSA) is 118 Å². The first kappa shape index (κ1) is 28.4. The average molecular weight is 601 g/mol. The number of halogens is 2. The second-order valence-electron chi connectivity index (χ2n) is 11.2. The molecule has 4 heterocycles. The number of aryl methyl sites for hydroxylation is 1. The van der Waals surface area contributed by atoms with Crippen LogP contribution in [-0.4, -0.2) is 79.1 Å². The molecule has 2 aliphatic heterocycles. The Balaban J connectivity index is 1.28. The van der Waals surface area contributed by atoms with Crippen LogP contribution in [-0.2, 0) is 20.5 Å². The first-order valence-electron chi connectivity index (χ1n) is 14.2. The van der Waals surface area contributed by atoms with Gasteiger partial charge >= 0.3 is 5.97 Å². The summed E-state index contributed by atoms with van der Waals surface area (Å²) in [6.45, 7) is 3.96. The van der Waals surface area contributed by atoms with Gasteiger partial charge in [-0.05, 0) is 63.3 Å². The molecule has 2 aromatic heterocycles. The first-order valence-corrected chi connectivity index (χ1v) is 15.4. The summed E-state index contributed by atoms with van der Waals surface area (Å²) >= 11 is 0. The third-order valence-electron chi connectivity index (χ3n) is 8.12. The molecule has 224 valence electrons. The lowest BCUT2D eigenvalue weighted by Crippen LogP contribution is -2.40. The molecule has 0 spiro atoms. The van der Waals surface area contributed by atoms with E-state index in [9.17, 15) is 17.8 Å². The standard InChI is InChI=1S/C28H34F2N8O3S/c1-19-16-21(32-26(31-19)37-14-10-28(29,30)11-15-37)22-18-38(35-33-22)23-7-6-20(17-24(23)36-12-4-3-5-13-36)34-42(40)27(8-9-27)25(39)41-2/h6-7,16-18,34H,3-5,8-15H2,1-2H3. The first-order chi connectivity index (χ1) is 20.2. The number of esters is 1. The zero-order valence-corrected chi connectivity index (χ0v) is 24.5. The summed E-state index contributed by atoms with van der Waals surface area (Å²) in [6, 6.07) is 7.45. The number of carbonyl (C=O) groups is 1. The monoisotopic (exact) mass is 600 g/mol. The van der Waals surface area contributed by atoms with E-state index in [1.165, 1.54) is 7.11 Å². The van der Waals surface area contributed by atoms with Gasteiger partial charge in [-0.1, -0.05) is 5.21 Å². The Morgan fingerprint density at radius 1 is 0.952 bits per heavy atom. The molecule has 0 radical (unpaired) electrons. The van der Waals surface area contributed by atoms with Crippen LogP contribution in [0.2, 0.25) is 0 Å². The molecule has 14 heteroatoms. The Kier molecular flexibility index (Phi) is 7.58. The van der Waals surface area contributed by atoms with E-state index >= 15 is 0 Å². The van der Waals surface area contributed by atoms with Crippen LogP contribution < -0.4 is 14.5 Å². The minimum absolute atomic E-state index is 0.188. The summed E-state index contributed by atoms with van der Waals surface area (Å²) in [6.07, 6.45) is 5.66. The highest BCUT2D eigenvalue weighted by Gasteiger charge is 2.57. The van der Waals surface area contributed by atoms with Gasteiger partial charge in [-0.25, -0.2) is 27.6 Å². The highest BCUT2D eigenvalue weighted by molar-refractivity contribution is 7.89. The van der Waals surface area contributed by atoms with E-state index in [-0.39, 0.29) is 25.9 Å². The van der Waals surface area contributed by atoms with Crippen molar-refractivity contribution >= 4 is 34.3 Å². The Hall–Kier alpha value is -3.68. The maximum Gasteiger partial charge on any atom is 0.326 e. The van der Waals surface area contributed by atoms with Gasteiger partial charge in [0.2, 0.25) is 5.95 Å². The Morgan fingerprint density at radius 3 is 2.38 bits per heavy atom. The fourth-order valence-corrected chi connectivity index (χ4v) is 6.74. The van der Waals surface area contributed by atoms with Gasteiger partial charge in [0, 0.05) is 50.4 Å². The highest BCUT2D eigenvalue weighted by atomic mass is 32.2. The van der Waals surface area contributed by atoms with E-state index in [0.29, 0.717) is 41.6 Å². The third-order valence-corrected chi connectivity index (χ3v) is 9.83. The van der Waals surface area contributed by atoms with E-state index in [0.717, 1.165) is 43.7 Å². The van der Waals surface area contributed by atoms with Gasteiger partial charge in [0.1, 0.15) is 16.7 Å². The number of hydrogen-bond acceptors (Lipinski definition) is 9. The number of ether oxygens (including phenoxy) is 1. The molecule has 1 aliphatic carbocycles. The molecule has 2 saturated heterocycles. The molecule has 1 N–H and O–H groups in total. The van der Waals surface area contributed by atoms with Crippen LogP contribution in [0, 0.1) is 6.92 Å². The largest absolute Gasteiger partial charge is 0.468 e. The summed E-state index contributed by atoms with van der Waals surface area (Å²) in [5, 5.41) is 8.80. The average Bonchev–Trinajstić information content (AvgIpc) is 3.66. The number of piperidine rings is 2. The van der Waals surface area contributed by atoms with E-state index in [4.69, 9.17) is 4.74 Å². The second kappa shape index (κ2) is 11.2. The molecule has 3 aliphatic rings. The summed E-state index contributed by atoms with van der Waals surface area (Å²) in [5.41, 5.74) is 4.14. The predicted octanol–water partition coefficient (Wildman–Crippen LogP) is 4.04. The van der Waals surface area contributed by atoms with E-state index < -0.39 is 27.6 Å². The predicted molar refractivity (Wildman–Crippen MR) is 155 cm³/mol. The van der Waals surface area contributed by atoms with E-state index in [1.807, 2.05) is 25.1 Å². The van der Waals surface area contributed by atoms with Crippen molar-refractivity contribution in [2.24, 2.45) is 0 Å². The number of carbonyl (C=O) groups excluding carboxylic acids is 1. The van der Waals surface area contributed by atoms with Crippen LogP contribution >= 0.6 is 0 Å². The third kappa shape index (κ3) is 5.68. The Bertz CT molecular complexity index is 1500. The molecular formula is C28H34F2N8O3S. The molecule has 3 fully saturated rings. The maximum absolute atomic E-state index is 13.7. The minimum atomic E-state index is -2.65. The number of hydrogen-bond donors (Lipinski definition) is 1. The number of nitrogens with zero attached hydrogens (tertiary/aromatic N) is 7. The van der Waals surface area contributed by atoms with Crippen LogP contribution in [0.25, 0.3) is 17.1 Å². The number of benzene rings is 1. The fourth-order valence-electron chi connectivity index (χ4n) is 5.50. The van der Waals surface area contributed by atoms with Gasteiger partial charge < -0.3 is 19.3 Å². The van der Waals surface area contributed by atoms with Crippen molar-refractivity contribution in [3.05, 3.63) is 36.2 Å². The molecule has 0 amide bonds. The van der Waals surface area contributed by atoms with E-state index in [2.05, 4.69) is 29.9 Å². The number of rotatable bonds is 8. The zero-order chi connectivity index (χ0) is 29.5. The summed E-state index contributed by atoms with van der Waals surface area (Å²) in [4.78, 5) is 25.4. The van der Waals surface area contributed by atoms with Crippen molar-refractivity contribution < 1.29 is 22.5 Å². The van der Waals surface area contributed by atoms with Gasteiger partial charge in [0.05, 0.1) is 30.4 Å².